The van der Waals surface area contributed by atoms with E-state index in [1.165, 1.54) is 12.1 Å². The quantitative estimate of drug-likeness (QED) is 0.312. The summed E-state index contributed by atoms with van der Waals surface area (Å²) >= 11 is 0. The maximum atomic E-state index is 13.7. The first kappa shape index (κ1) is 25.3. The fourth-order valence-corrected chi connectivity index (χ4v) is 4.70. The molecule has 6 nitrogen and oxygen atoms in total. The number of carbonyl (C=O) groups excluding carboxylic acids is 2. The molecule has 0 saturated carbocycles. The fourth-order valence-electron chi connectivity index (χ4n) is 4.70. The number of carbonyl (C=O) groups is 2. The number of anilines is 1. The molecule has 0 radical (unpaired) electrons. The van der Waals surface area contributed by atoms with Crippen LogP contribution >= 0.6 is 0 Å². The van der Waals surface area contributed by atoms with Crippen molar-refractivity contribution in [3.8, 4) is 5.75 Å². The monoisotopic (exact) mass is 512 g/mol. The summed E-state index contributed by atoms with van der Waals surface area (Å²) < 4.78 is 25.4. The van der Waals surface area contributed by atoms with Gasteiger partial charge in [-0.3, -0.25) is 9.59 Å². The zero-order chi connectivity index (χ0) is 26.6. The number of amides is 2. The SMILES string of the molecule is CC(C)C(=O)N1CCc2ccc(OCc3ccc(C(=O)Nc4ccccc4)o3)cc2C1c1ccc(F)cc1. The normalized spacial score (nSPS) is 14.7. The first-order valence-corrected chi connectivity index (χ1v) is 12.7. The summed E-state index contributed by atoms with van der Waals surface area (Å²) in [6.45, 7) is 4.49. The molecule has 1 aliphatic heterocycles. The van der Waals surface area contributed by atoms with Gasteiger partial charge in [0, 0.05) is 18.2 Å². The Morgan fingerprint density at radius 1 is 1.03 bits per heavy atom. The molecule has 1 unspecified atom stereocenters. The van der Waals surface area contributed by atoms with Crippen molar-refractivity contribution >= 4 is 17.5 Å². The minimum atomic E-state index is -0.340. The van der Waals surface area contributed by atoms with Gasteiger partial charge >= 0.3 is 0 Å². The van der Waals surface area contributed by atoms with Crippen LogP contribution in [0.3, 0.4) is 0 Å². The molecule has 0 aliphatic carbocycles. The van der Waals surface area contributed by atoms with Crippen LogP contribution in [-0.4, -0.2) is 23.3 Å². The molecule has 7 heteroatoms. The Bertz CT molecular complexity index is 1430. The number of nitrogens with zero attached hydrogens (tertiary/aromatic N) is 1. The van der Waals surface area contributed by atoms with Crippen molar-refractivity contribution in [3.05, 3.63) is 119 Å². The molecule has 1 aliphatic rings. The van der Waals surface area contributed by atoms with Gasteiger partial charge in [0.2, 0.25) is 5.91 Å². The second kappa shape index (κ2) is 10.9. The molecule has 1 N–H and O–H groups in total. The van der Waals surface area contributed by atoms with Crippen molar-refractivity contribution < 1.29 is 23.1 Å². The smallest absolute Gasteiger partial charge is 0.291 e. The minimum Gasteiger partial charge on any atom is -0.486 e. The van der Waals surface area contributed by atoms with E-state index in [0.717, 1.165) is 23.1 Å². The highest BCUT2D eigenvalue weighted by Gasteiger charge is 2.33. The lowest BCUT2D eigenvalue weighted by molar-refractivity contribution is -0.136. The van der Waals surface area contributed by atoms with Crippen LogP contribution in [0.5, 0.6) is 5.75 Å². The number of nitrogens with one attached hydrogen (secondary N) is 1. The van der Waals surface area contributed by atoms with E-state index in [0.29, 0.717) is 23.7 Å². The number of rotatable bonds is 7. The van der Waals surface area contributed by atoms with Gasteiger partial charge in [-0.25, -0.2) is 4.39 Å². The molecule has 0 bridgehead atoms. The summed E-state index contributed by atoms with van der Waals surface area (Å²) in [4.78, 5) is 27.5. The van der Waals surface area contributed by atoms with Crippen molar-refractivity contribution in [3.63, 3.8) is 0 Å². The molecule has 1 aromatic heterocycles. The number of furan rings is 1. The Kier molecular flexibility index (Phi) is 7.26. The van der Waals surface area contributed by atoms with Crippen molar-refractivity contribution in [2.24, 2.45) is 5.92 Å². The molecular weight excluding hydrogens is 483 g/mol. The predicted octanol–water partition coefficient (Wildman–Crippen LogP) is 6.38. The van der Waals surface area contributed by atoms with Gasteiger partial charge < -0.3 is 19.4 Å². The molecule has 4 aromatic rings. The van der Waals surface area contributed by atoms with Gasteiger partial charge in [0.15, 0.2) is 5.76 Å². The molecule has 3 aromatic carbocycles. The molecule has 2 heterocycles. The number of halogens is 1. The van der Waals surface area contributed by atoms with E-state index in [9.17, 15) is 14.0 Å². The second-order valence-electron chi connectivity index (χ2n) is 9.63. The summed E-state index contributed by atoms with van der Waals surface area (Å²) in [5, 5.41) is 2.80. The summed E-state index contributed by atoms with van der Waals surface area (Å²) in [5.74, 6) is 0.539. The van der Waals surface area contributed by atoms with Crippen molar-refractivity contribution in [1.29, 1.82) is 0 Å². The second-order valence-corrected chi connectivity index (χ2v) is 9.63. The topological polar surface area (TPSA) is 71.8 Å². The van der Waals surface area contributed by atoms with Crippen LogP contribution < -0.4 is 10.1 Å². The third-order valence-corrected chi connectivity index (χ3v) is 6.61. The summed E-state index contributed by atoms with van der Waals surface area (Å²) in [7, 11) is 0. The standard InChI is InChI=1S/C31H29FN2O4/c1-20(2)31(36)34-17-16-21-10-13-25(18-27(21)29(34)22-8-11-23(32)12-9-22)37-19-26-14-15-28(38-26)30(35)33-24-6-4-3-5-7-24/h3-15,18,20,29H,16-17,19H2,1-2H3,(H,33,35). The third kappa shape index (κ3) is 5.47. The Labute approximate surface area is 221 Å². The van der Waals surface area contributed by atoms with Crippen molar-refractivity contribution in [2.45, 2.75) is 32.9 Å². The van der Waals surface area contributed by atoms with Crippen LogP contribution in [0.2, 0.25) is 0 Å². The van der Waals surface area contributed by atoms with Crippen molar-refractivity contribution in [1.82, 2.24) is 4.90 Å². The summed E-state index contributed by atoms with van der Waals surface area (Å²) in [6, 6.07) is 24.3. The van der Waals surface area contributed by atoms with E-state index < -0.39 is 0 Å². The number of para-hydroxylation sites is 1. The number of ether oxygens (including phenoxy) is 1. The van der Waals surface area contributed by atoms with E-state index in [4.69, 9.17) is 9.15 Å². The highest BCUT2D eigenvalue weighted by atomic mass is 19.1. The maximum Gasteiger partial charge on any atom is 0.291 e. The summed E-state index contributed by atoms with van der Waals surface area (Å²) in [6.07, 6.45) is 0.726. The third-order valence-electron chi connectivity index (χ3n) is 6.61. The average molecular weight is 513 g/mol. The number of benzene rings is 3. The average Bonchev–Trinajstić information content (AvgIpc) is 3.41. The zero-order valence-electron chi connectivity index (χ0n) is 21.3. The van der Waals surface area contributed by atoms with Gasteiger partial charge in [-0.2, -0.15) is 0 Å². The van der Waals surface area contributed by atoms with Gasteiger partial charge in [0.25, 0.3) is 5.91 Å². The highest BCUT2D eigenvalue weighted by Crippen LogP contribution is 2.38. The van der Waals surface area contributed by atoms with Gasteiger partial charge in [-0.1, -0.05) is 50.2 Å². The molecule has 38 heavy (non-hydrogen) atoms. The molecule has 0 spiro atoms. The van der Waals surface area contributed by atoms with Gasteiger partial charge in [0.1, 0.15) is 23.9 Å². The fraction of sp³-hybridized carbons (Fsp3) is 0.226. The highest BCUT2D eigenvalue weighted by molar-refractivity contribution is 6.02. The van der Waals surface area contributed by atoms with Crippen LogP contribution in [0.4, 0.5) is 10.1 Å². The zero-order valence-corrected chi connectivity index (χ0v) is 21.3. The Morgan fingerprint density at radius 2 is 1.79 bits per heavy atom. The molecule has 1 atom stereocenters. The van der Waals surface area contributed by atoms with Crippen LogP contribution in [0.25, 0.3) is 0 Å². The van der Waals surface area contributed by atoms with E-state index in [1.807, 2.05) is 55.1 Å². The van der Waals surface area contributed by atoms with E-state index >= 15 is 0 Å². The van der Waals surface area contributed by atoms with Crippen LogP contribution in [0.15, 0.2) is 89.3 Å². The lowest BCUT2D eigenvalue weighted by Gasteiger charge is -2.39. The molecular formula is C31H29FN2O4. The van der Waals surface area contributed by atoms with E-state index in [-0.39, 0.29) is 42.0 Å². The van der Waals surface area contributed by atoms with Crippen LogP contribution in [0.1, 0.15) is 52.9 Å². The van der Waals surface area contributed by atoms with Crippen LogP contribution in [-0.2, 0) is 17.8 Å². The summed E-state index contributed by atoms with van der Waals surface area (Å²) in [5.41, 5.74) is 3.61. The largest absolute Gasteiger partial charge is 0.486 e. The molecule has 194 valence electrons. The Balaban J connectivity index is 1.34. The van der Waals surface area contributed by atoms with E-state index in [1.54, 1.807) is 36.4 Å². The van der Waals surface area contributed by atoms with Gasteiger partial charge in [-0.15, -0.1) is 0 Å². The molecule has 2 amide bonds. The maximum absolute atomic E-state index is 13.7. The Hall–Kier alpha value is -4.39. The number of hydrogen-bond acceptors (Lipinski definition) is 4. The minimum absolute atomic E-state index is 0.0493. The number of fused-ring (bicyclic) bond motifs is 1. The lowest BCUT2D eigenvalue weighted by Crippen LogP contribution is -2.42. The first-order valence-electron chi connectivity index (χ1n) is 12.7. The van der Waals surface area contributed by atoms with E-state index in [2.05, 4.69) is 5.32 Å². The predicted molar refractivity (Wildman–Crippen MR) is 142 cm³/mol. The lowest BCUT2D eigenvalue weighted by atomic mass is 9.87. The van der Waals surface area contributed by atoms with Gasteiger partial charge in [0.05, 0.1) is 6.04 Å². The number of hydrogen-bond donors (Lipinski definition) is 1. The van der Waals surface area contributed by atoms with Crippen LogP contribution in [0, 0.1) is 11.7 Å². The van der Waals surface area contributed by atoms with Gasteiger partial charge in [-0.05, 0) is 71.6 Å². The Morgan fingerprint density at radius 3 is 2.53 bits per heavy atom. The molecule has 0 fully saturated rings. The molecule has 0 saturated heterocycles. The first-order chi connectivity index (χ1) is 18.4. The molecule has 5 rings (SSSR count). The van der Waals surface area contributed by atoms with Crippen molar-refractivity contribution in [2.75, 3.05) is 11.9 Å².